The van der Waals surface area contributed by atoms with Gasteiger partial charge in [-0.3, -0.25) is 4.79 Å². The van der Waals surface area contributed by atoms with E-state index in [1.54, 1.807) is 0 Å². The lowest BCUT2D eigenvalue weighted by Gasteiger charge is -2.22. The molecule has 1 aromatic heterocycles. The zero-order valence-corrected chi connectivity index (χ0v) is 14.0. The van der Waals surface area contributed by atoms with E-state index in [0.29, 0.717) is 6.54 Å². The third-order valence-electron chi connectivity index (χ3n) is 3.33. The van der Waals surface area contributed by atoms with E-state index in [9.17, 15) is 22.0 Å². The Balaban J connectivity index is 0.00000242. The minimum Gasteiger partial charge on any atom is -0.351 e. The van der Waals surface area contributed by atoms with Gasteiger partial charge in [-0.15, -0.1) is 23.7 Å². The third kappa shape index (κ3) is 4.37. The summed E-state index contributed by atoms with van der Waals surface area (Å²) in [6, 6.07) is 1.04. The van der Waals surface area contributed by atoms with E-state index in [0.717, 1.165) is 43.3 Å². The molecule has 1 atom stereocenters. The zero-order chi connectivity index (χ0) is 15.5. The van der Waals surface area contributed by atoms with Gasteiger partial charge in [0.25, 0.3) is 5.91 Å². The van der Waals surface area contributed by atoms with Gasteiger partial charge in [-0.05, 0) is 43.3 Å². The quantitative estimate of drug-likeness (QED) is 0.825. The maximum Gasteiger partial charge on any atom is 0.341 e. The number of hydrogen-bond acceptors (Lipinski definition) is 5. The van der Waals surface area contributed by atoms with Crippen LogP contribution in [0.1, 0.15) is 22.5 Å². The predicted octanol–water partition coefficient (Wildman–Crippen LogP) is 1.90. The highest BCUT2D eigenvalue weighted by molar-refractivity contribution is 7.92. The number of piperidine rings is 1. The Morgan fingerprint density at radius 3 is 2.82 bits per heavy atom. The molecule has 22 heavy (non-hydrogen) atoms. The molecule has 0 aliphatic carbocycles. The minimum atomic E-state index is -4.75. The normalized spacial score (nSPS) is 18.8. The van der Waals surface area contributed by atoms with Crippen molar-refractivity contribution in [1.82, 2.24) is 10.6 Å². The number of alkyl halides is 2. The lowest BCUT2D eigenvalue weighted by atomic mass is 10.00. The van der Waals surface area contributed by atoms with E-state index in [1.165, 1.54) is 5.38 Å². The van der Waals surface area contributed by atoms with Crippen molar-refractivity contribution in [2.24, 2.45) is 5.92 Å². The molecule has 2 rings (SSSR count). The largest absolute Gasteiger partial charge is 0.351 e. The van der Waals surface area contributed by atoms with Gasteiger partial charge in [-0.1, -0.05) is 0 Å². The van der Waals surface area contributed by atoms with Gasteiger partial charge in [0, 0.05) is 6.54 Å². The molecule has 1 aliphatic heterocycles. The van der Waals surface area contributed by atoms with Crippen molar-refractivity contribution in [2.45, 2.75) is 23.5 Å². The highest BCUT2D eigenvalue weighted by Gasteiger charge is 2.32. The molecule has 1 aromatic rings. The molecular formula is C12H17ClF2N2O3S2. The fourth-order valence-corrected chi connectivity index (χ4v) is 4.28. The summed E-state index contributed by atoms with van der Waals surface area (Å²) in [5, 5.41) is 7.15. The first-order chi connectivity index (χ1) is 9.93. The van der Waals surface area contributed by atoms with Crippen LogP contribution in [0.5, 0.6) is 0 Å². The summed E-state index contributed by atoms with van der Waals surface area (Å²) in [6.45, 7) is 2.14. The third-order valence-corrected chi connectivity index (χ3v) is 5.79. The molecule has 0 spiro atoms. The predicted molar refractivity (Wildman–Crippen MR) is 82.7 cm³/mol. The van der Waals surface area contributed by atoms with E-state index >= 15 is 0 Å². The van der Waals surface area contributed by atoms with Gasteiger partial charge in [0.2, 0.25) is 9.84 Å². The average molecular weight is 375 g/mol. The van der Waals surface area contributed by atoms with Crippen LogP contribution in [-0.2, 0) is 9.84 Å². The molecule has 0 bridgehead atoms. The van der Waals surface area contributed by atoms with Crippen molar-refractivity contribution in [1.29, 1.82) is 0 Å². The fraction of sp³-hybridized carbons (Fsp3) is 0.583. The first-order valence-corrected chi connectivity index (χ1v) is 8.94. The van der Waals surface area contributed by atoms with Crippen molar-refractivity contribution < 1.29 is 22.0 Å². The number of carbonyl (C=O) groups excluding carboxylic acids is 1. The molecular weight excluding hydrogens is 358 g/mol. The Bertz CT molecular complexity index is 601. The molecule has 0 aromatic carbocycles. The van der Waals surface area contributed by atoms with Crippen molar-refractivity contribution in [3.63, 3.8) is 0 Å². The van der Waals surface area contributed by atoms with E-state index < -0.39 is 26.4 Å². The van der Waals surface area contributed by atoms with Gasteiger partial charge in [-0.2, -0.15) is 8.78 Å². The van der Waals surface area contributed by atoms with E-state index in [4.69, 9.17) is 0 Å². The van der Waals surface area contributed by atoms with Crippen LogP contribution in [0.2, 0.25) is 0 Å². The number of sulfone groups is 1. The standard InChI is InChI=1S/C12H16F2N2O3S2.ClH/c13-12(14)21(18,19)9-3-5-20-10(9)11(17)16-7-8-2-1-4-15-6-8;/h3,5,8,12,15H,1-2,4,6-7H2,(H,16,17);1H. The molecule has 1 fully saturated rings. The number of halogens is 3. The summed E-state index contributed by atoms with van der Waals surface area (Å²) in [6.07, 6.45) is 1.99. The van der Waals surface area contributed by atoms with Crippen LogP contribution >= 0.6 is 23.7 Å². The molecule has 1 amide bonds. The van der Waals surface area contributed by atoms with Crippen LogP contribution in [0.3, 0.4) is 0 Å². The molecule has 126 valence electrons. The van der Waals surface area contributed by atoms with E-state index in [-0.39, 0.29) is 23.2 Å². The topological polar surface area (TPSA) is 75.3 Å². The first-order valence-electron chi connectivity index (χ1n) is 6.51. The minimum absolute atomic E-state index is 0. The summed E-state index contributed by atoms with van der Waals surface area (Å²) >= 11 is 0.848. The zero-order valence-electron chi connectivity index (χ0n) is 11.6. The molecule has 1 unspecified atom stereocenters. The Morgan fingerprint density at radius 2 is 2.23 bits per heavy atom. The van der Waals surface area contributed by atoms with Crippen LogP contribution in [-0.4, -0.2) is 39.7 Å². The van der Waals surface area contributed by atoms with Gasteiger partial charge in [0.05, 0.1) is 4.90 Å². The second-order valence-electron chi connectivity index (χ2n) is 4.84. The van der Waals surface area contributed by atoms with Gasteiger partial charge < -0.3 is 10.6 Å². The SMILES string of the molecule is Cl.O=C(NCC1CCCNC1)c1sccc1S(=O)(=O)C(F)F. The Morgan fingerprint density at radius 1 is 1.50 bits per heavy atom. The van der Waals surface area contributed by atoms with Crippen LogP contribution in [0, 0.1) is 5.92 Å². The summed E-state index contributed by atoms with van der Waals surface area (Å²) in [5.74, 6) is -3.87. The molecule has 5 nitrogen and oxygen atoms in total. The van der Waals surface area contributed by atoms with Crippen LogP contribution in [0.15, 0.2) is 16.3 Å². The lowest BCUT2D eigenvalue weighted by molar-refractivity contribution is 0.0946. The molecule has 2 N–H and O–H groups in total. The van der Waals surface area contributed by atoms with E-state index in [1.807, 2.05) is 0 Å². The van der Waals surface area contributed by atoms with Crippen molar-refractivity contribution in [3.8, 4) is 0 Å². The summed E-state index contributed by atoms with van der Waals surface area (Å²) < 4.78 is 48.1. The van der Waals surface area contributed by atoms with Crippen molar-refractivity contribution in [2.75, 3.05) is 19.6 Å². The number of carbonyl (C=O) groups is 1. The van der Waals surface area contributed by atoms with E-state index in [2.05, 4.69) is 10.6 Å². The molecule has 10 heteroatoms. The van der Waals surface area contributed by atoms with Crippen LogP contribution < -0.4 is 10.6 Å². The molecule has 2 heterocycles. The van der Waals surface area contributed by atoms with Crippen molar-refractivity contribution >= 4 is 39.5 Å². The Hall–Kier alpha value is -0.770. The van der Waals surface area contributed by atoms with Crippen LogP contribution in [0.25, 0.3) is 0 Å². The second-order valence-corrected chi connectivity index (χ2v) is 7.64. The molecule has 0 saturated carbocycles. The second kappa shape index (κ2) is 8.19. The number of thiophene rings is 1. The Labute approximate surface area is 137 Å². The summed E-state index contributed by atoms with van der Waals surface area (Å²) in [5.41, 5.74) is 0. The maximum absolute atomic E-state index is 12.6. The monoisotopic (exact) mass is 374 g/mol. The molecule has 1 aliphatic rings. The van der Waals surface area contributed by atoms with Gasteiger partial charge >= 0.3 is 5.76 Å². The van der Waals surface area contributed by atoms with Gasteiger partial charge in [0.15, 0.2) is 0 Å². The highest BCUT2D eigenvalue weighted by Crippen LogP contribution is 2.26. The first kappa shape index (κ1) is 19.3. The highest BCUT2D eigenvalue weighted by atomic mass is 35.5. The maximum atomic E-state index is 12.6. The number of hydrogen-bond donors (Lipinski definition) is 2. The van der Waals surface area contributed by atoms with Gasteiger partial charge in [-0.25, -0.2) is 8.42 Å². The van der Waals surface area contributed by atoms with Gasteiger partial charge in [0.1, 0.15) is 4.88 Å². The number of amides is 1. The lowest BCUT2D eigenvalue weighted by Crippen LogP contribution is -2.38. The van der Waals surface area contributed by atoms with Crippen molar-refractivity contribution in [3.05, 3.63) is 16.3 Å². The Kier molecular flexibility index (Phi) is 7.17. The summed E-state index contributed by atoms with van der Waals surface area (Å²) in [4.78, 5) is 11.2. The number of rotatable bonds is 5. The summed E-state index contributed by atoms with van der Waals surface area (Å²) in [7, 11) is -4.75. The smallest absolute Gasteiger partial charge is 0.341 e. The molecule has 1 saturated heterocycles. The average Bonchev–Trinajstić information content (AvgIpc) is 2.96. The van der Waals surface area contributed by atoms with Crippen LogP contribution in [0.4, 0.5) is 8.78 Å². The number of nitrogens with one attached hydrogen (secondary N) is 2. The molecule has 0 radical (unpaired) electrons. The fourth-order valence-electron chi connectivity index (χ4n) is 2.20.